The van der Waals surface area contributed by atoms with Crippen LogP contribution in [0.3, 0.4) is 0 Å². The Morgan fingerprint density at radius 1 is 1.19 bits per heavy atom. The van der Waals surface area contributed by atoms with Gasteiger partial charge in [-0.15, -0.1) is 11.3 Å². The van der Waals surface area contributed by atoms with Crippen molar-refractivity contribution in [2.45, 2.75) is 32.1 Å². The van der Waals surface area contributed by atoms with Crippen LogP contribution in [0.15, 0.2) is 24.3 Å². The van der Waals surface area contributed by atoms with Gasteiger partial charge in [0.15, 0.2) is 0 Å². The van der Waals surface area contributed by atoms with Crippen LogP contribution in [0, 0.1) is 3.57 Å². The Bertz CT molecular complexity index is 659. The molecule has 0 bridgehead atoms. The van der Waals surface area contributed by atoms with Crippen LogP contribution in [-0.2, 0) is 12.8 Å². The van der Waals surface area contributed by atoms with E-state index in [0.29, 0.717) is 10.7 Å². The summed E-state index contributed by atoms with van der Waals surface area (Å²) in [6.07, 6.45) is 5.97. The van der Waals surface area contributed by atoms with E-state index in [1.807, 2.05) is 18.2 Å². The number of amides is 1. The minimum absolute atomic E-state index is 0.0591. The van der Waals surface area contributed by atoms with Gasteiger partial charge in [-0.1, -0.05) is 18.0 Å². The molecule has 0 radical (unpaired) electrons. The van der Waals surface area contributed by atoms with Crippen LogP contribution in [0.5, 0.6) is 0 Å². The molecular formula is C16H15ClINOS. The van der Waals surface area contributed by atoms with Crippen molar-refractivity contribution in [1.29, 1.82) is 0 Å². The number of rotatable bonds is 2. The van der Waals surface area contributed by atoms with Crippen molar-refractivity contribution in [3.63, 3.8) is 0 Å². The molecule has 1 amide bonds. The van der Waals surface area contributed by atoms with Crippen molar-refractivity contribution in [2.75, 3.05) is 5.32 Å². The number of fused-ring (bicyclic) bond motifs is 1. The summed E-state index contributed by atoms with van der Waals surface area (Å²) in [6.45, 7) is 0. The first kappa shape index (κ1) is 15.3. The molecule has 1 aliphatic carbocycles. The SMILES string of the molecule is O=C(Nc1ccc(I)cc1Cl)c1cc2c(s1)CCCCC2. The van der Waals surface area contributed by atoms with Crippen LogP contribution in [0.25, 0.3) is 0 Å². The Balaban J connectivity index is 1.79. The number of hydrogen-bond acceptors (Lipinski definition) is 2. The molecule has 1 N–H and O–H groups in total. The molecule has 1 heterocycles. The molecule has 2 aromatic rings. The summed E-state index contributed by atoms with van der Waals surface area (Å²) in [5.74, 6) is -0.0591. The number of anilines is 1. The molecule has 5 heteroatoms. The molecule has 110 valence electrons. The maximum absolute atomic E-state index is 12.4. The summed E-state index contributed by atoms with van der Waals surface area (Å²) in [6, 6.07) is 7.69. The van der Waals surface area contributed by atoms with E-state index in [4.69, 9.17) is 11.6 Å². The minimum Gasteiger partial charge on any atom is -0.320 e. The molecule has 21 heavy (non-hydrogen) atoms. The number of hydrogen-bond donors (Lipinski definition) is 1. The highest BCUT2D eigenvalue weighted by molar-refractivity contribution is 14.1. The highest BCUT2D eigenvalue weighted by Gasteiger charge is 2.17. The lowest BCUT2D eigenvalue weighted by Gasteiger charge is -2.06. The van der Waals surface area contributed by atoms with Gasteiger partial charge in [-0.3, -0.25) is 4.79 Å². The maximum atomic E-state index is 12.4. The zero-order valence-corrected chi connectivity index (χ0v) is 15.1. The van der Waals surface area contributed by atoms with Crippen LogP contribution in [0.4, 0.5) is 5.69 Å². The van der Waals surface area contributed by atoms with Gasteiger partial charge in [-0.05, 0) is 78.1 Å². The van der Waals surface area contributed by atoms with E-state index in [9.17, 15) is 4.79 Å². The lowest BCUT2D eigenvalue weighted by atomic mass is 10.1. The fourth-order valence-electron chi connectivity index (χ4n) is 2.55. The summed E-state index contributed by atoms with van der Waals surface area (Å²) >= 11 is 10.00. The molecule has 1 aromatic carbocycles. The van der Waals surface area contributed by atoms with Gasteiger partial charge in [-0.2, -0.15) is 0 Å². The van der Waals surface area contributed by atoms with E-state index in [-0.39, 0.29) is 5.91 Å². The summed E-state index contributed by atoms with van der Waals surface area (Å²) in [4.78, 5) is 14.6. The molecule has 0 spiro atoms. The molecule has 0 atom stereocenters. The largest absolute Gasteiger partial charge is 0.320 e. The van der Waals surface area contributed by atoms with Gasteiger partial charge in [0, 0.05) is 8.45 Å². The quantitative estimate of drug-likeness (QED) is 0.492. The fraction of sp³-hybridized carbons (Fsp3) is 0.312. The molecule has 0 aliphatic heterocycles. The molecule has 0 fully saturated rings. The maximum Gasteiger partial charge on any atom is 0.265 e. The van der Waals surface area contributed by atoms with Crippen LogP contribution in [-0.4, -0.2) is 5.91 Å². The molecule has 0 unspecified atom stereocenters. The lowest BCUT2D eigenvalue weighted by Crippen LogP contribution is -2.10. The highest BCUT2D eigenvalue weighted by Crippen LogP contribution is 2.30. The van der Waals surface area contributed by atoms with Crippen molar-refractivity contribution >= 4 is 57.1 Å². The molecular weight excluding hydrogens is 417 g/mol. The normalized spacial score (nSPS) is 14.4. The second-order valence-electron chi connectivity index (χ2n) is 5.20. The first-order chi connectivity index (χ1) is 10.1. The van der Waals surface area contributed by atoms with Gasteiger partial charge in [0.1, 0.15) is 0 Å². The topological polar surface area (TPSA) is 29.1 Å². The van der Waals surface area contributed by atoms with Crippen molar-refractivity contribution in [3.05, 3.63) is 48.2 Å². The number of thiophene rings is 1. The average molecular weight is 432 g/mol. The van der Waals surface area contributed by atoms with Crippen LogP contribution < -0.4 is 5.32 Å². The Hall–Kier alpha value is -0.590. The van der Waals surface area contributed by atoms with E-state index in [2.05, 4.69) is 34.0 Å². The van der Waals surface area contributed by atoms with Gasteiger partial charge in [0.05, 0.1) is 15.6 Å². The molecule has 1 aliphatic rings. The van der Waals surface area contributed by atoms with Crippen LogP contribution in [0.2, 0.25) is 5.02 Å². The second-order valence-corrected chi connectivity index (χ2v) is 7.99. The predicted octanol–water partition coefficient (Wildman–Crippen LogP) is 5.53. The molecule has 1 aromatic heterocycles. The number of halogens is 2. The number of aryl methyl sites for hydroxylation is 2. The standard InChI is InChI=1S/C16H15ClINOS/c17-12-9-11(18)6-7-13(12)19-16(20)15-8-10-4-2-1-3-5-14(10)21-15/h6-9H,1-5H2,(H,19,20). The van der Waals surface area contributed by atoms with Gasteiger partial charge >= 0.3 is 0 Å². The number of nitrogens with one attached hydrogen (secondary N) is 1. The van der Waals surface area contributed by atoms with Crippen LogP contribution in [0.1, 0.15) is 39.4 Å². The smallest absolute Gasteiger partial charge is 0.265 e. The zero-order valence-electron chi connectivity index (χ0n) is 11.4. The minimum atomic E-state index is -0.0591. The van der Waals surface area contributed by atoms with E-state index < -0.39 is 0 Å². The van der Waals surface area contributed by atoms with Gasteiger partial charge in [-0.25, -0.2) is 0 Å². The molecule has 3 rings (SSSR count). The zero-order chi connectivity index (χ0) is 14.8. The second kappa shape index (κ2) is 6.67. The van der Waals surface area contributed by atoms with Crippen molar-refractivity contribution in [2.24, 2.45) is 0 Å². The fourth-order valence-corrected chi connectivity index (χ4v) is 4.61. The third kappa shape index (κ3) is 3.60. The Kier molecular flexibility index (Phi) is 4.86. The van der Waals surface area contributed by atoms with E-state index in [1.165, 1.54) is 29.7 Å². The lowest BCUT2D eigenvalue weighted by molar-refractivity contribution is 0.103. The van der Waals surface area contributed by atoms with Crippen molar-refractivity contribution in [1.82, 2.24) is 0 Å². The summed E-state index contributed by atoms with van der Waals surface area (Å²) in [5.41, 5.74) is 2.03. The molecule has 0 saturated carbocycles. The first-order valence-corrected chi connectivity index (χ1v) is 9.29. The summed E-state index contributed by atoms with van der Waals surface area (Å²) in [7, 11) is 0. The summed E-state index contributed by atoms with van der Waals surface area (Å²) < 4.78 is 1.05. The van der Waals surface area contributed by atoms with E-state index in [1.54, 1.807) is 11.3 Å². The van der Waals surface area contributed by atoms with Crippen molar-refractivity contribution < 1.29 is 4.79 Å². The predicted molar refractivity (Wildman–Crippen MR) is 97.7 cm³/mol. The monoisotopic (exact) mass is 431 g/mol. The van der Waals surface area contributed by atoms with Crippen molar-refractivity contribution in [3.8, 4) is 0 Å². The Morgan fingerprint density at radius 3 is 2.81 bits per heavy atom. The number of carbonyl (C=O) groups excluding carboxylic acids is 1. The van der Waals surface area contributed by atoms with Crippen LogP contribution >= 0.6 is 45.5 Å². The van der Waals surface area contributed by atoms with E-state index >= 15 is 0 Å². The Labute approximate surface area is 147 Å². The summed E-state index contributed by atoms with van der Waals surface area (Å²) in [5, 5.41) is 3.49. The van der Waals surface area contributed by atoms with Gasteiger partial charge < -0.3 is 5.32 Å². The van der Waals surface area contributed by atoms with E-state index in [0.717, 1.165) is 21.3 Å². The number of benzene rings is 1. The molecule has 0 saturated heterocycles. The third-order valence-electron chi connectivity index (χ3n) is 3.65. The van der Waals surface area contributed by atoms with Gasteiger partial charge in [0.2, 0.25) is 0 Å². The first-order valence-electron chi connectivity index (χ1n) is 7.01. The Morgan fingerprint density at radius 2 is 2.00 bits per heavy atom. The third-order valence-corrected chi connectivity index (χ3v) is 5.87. The average Bonchev–Trinajstić information content (AvgIpc) is 2.73. The van der Waals surface area contributed by atoms with Gasteiger partial charge in [0.25, 0.3) is 5.91 Å². The highest BCUT2D eigenvalue weighted by atomic mass is 127. The molecule has 2 nitrogen and oxygen atoms in total. The number of carbonyl (C=O) groups is 1.